The topological polar surface area (TPSA) is 44.8 Å². The first kappa shape index (κ1) is 22.5. The predicted molar refractivity (Wildman–Crippen MR) is 132 cm³/mol. The Kier molecular flexibility index (Phi) is 7.25. The van der Waals surface area contributed by atoms with Gasteiger partial charge in [-0.25, -0.2) is 0 Å². The van der Waals surface area contributed by atoms with Crippen LogP contribution in [0.1, 0.15) is 39.3 Å². The summed E-state index contributed by atoms with van der Waals surface area (Å²) < 4.78 is 5.53. The van der Waals surface area contributed by atoms with Gasteiger partial charge in [-0.1, -0.05) is 37.3 Å². The maximum atomic E-state index is 13.0. The van der Waals surface area contributed by atoms with Crippen molar-refractivity contribution in [1.29, 1.82) is 0 Å². The summed E-state index contributed by atoms with van der Waals surface area (Å²) in [5, 5.41) is 4.15. The van der Waals surface area contributed by atoms with E-state index in [2.05, 4.69) is 47.3 Å². The number of piperazine rings is 1. The highest BCUT2D eigenvalue weighted by atomic mass is 32.1. The van der Waals surface area contributed by atoms with Gasteiger partial charge >= 0.3 is 0 Å². The van der Waals surface area contributed by atoms with Crippen molar-refractivity contribution >= 4 is 22.2 Å². The van der Waals surface area contributed by atoms with Gasteiger partial charge in [-0.05, 0) is 49.4 Å². The van der Waals surface area contributed by atoms with Crippen LogP contribution in [-0.4, -0.2) is 56.0 Å². The van der Waals surface area contributed by atoms with Gasteiger partial charge in [0.05, 0.1) is 13.2 Å². The summed E-state index contributed by atoms with van der Waals surface area (Å²) in [5.74, 6) is 0.779. The molecule has 1 aromatic heterocycles. The average Bonchev–Trinajstić information content (AvgIpc) is 3.23. The number of thiophene rings is 1. The van der Waals surface area contributed by atoms with E-state index in [1.165, 1.54) is 10.4 Å². The Bertz CT molecular complexity index is 1040. The summed E-state index contributed by atoms with van der Waals surface area (Å²) in [6.45, 7) is 6.16. The lowest BCUT2D eigenvalue weighted by Crippen LogP contribution is -2.46. The van der Waals surface area contributed by atoms with E-state index in [0.29, 0.717) is 5.56 Å². The molecule has 2 heterocycles. The SMILES string of the molecule is CCc1cc([C@@H](c2cccc(OC)c2)N2CCN(C)CC2)c(NC(=O)c2ccccc2)s1. The van der Waals surface area contributed by atoms with Gasteiger partial charge in [-0.15, -0.1) is 11.3 Å². The van der Waals surface area contributed by atoms with Crippen molar-refractivity contribution in [1.82, 2.24) is 9.80 Å². The zero-order valence-electron chi connectivity index (χ0n) is 19.0. The summed E-state index contributed by atoms with van der Waals surface area (Å²) in [7, 11) is 3.87. The second-order valence-electron chi connectivity index (χ2n) is 8.19. The standard InChI is InChI=1S/C26H31N3O2S/c1-4-22-18-23(26(32-22)27-25(30)19-9-6-5-7-10-19)24(29-15-13-28(2)14-16-29)20-11-8-12-21(17-20)31-3/h5-12,17-18,24H,4,13-16H2,1-3H3,(H,27,30)/t24-/m1/s1. The van der Waals surface area contributed by atoms with Gasteiger partial charge in [0.1, 0.15) is 10.8 Å². The lowest BCUT2D eigenvalue weighted by molar-refractivity contribution is 0.102. The van der Waals surface area contributed by atoms with Crippen LogP contribution in [0.3, 0.4) is 0 Å². The third-order valence-corrected chi connectivity index (χ3v) is 7.24. The first-order valence-electron chi connectivity index (χ1n) is 11.1. The molecule has 1 aliphatic rings. The number of nitrogens with one attached hydrogen (secondary N) is 1. The fourth-order valence-electron chi connectivity index (χ4n) is 4.18. The van der Waals surface area contributed by atoms with Gasteiger partial charge in [-0.2, -0.15) is 0 Å². The molecule has 1 atom stereocenters. The number of methoxy groups -OCH3 is 1. The van der Waals surface area contributed by atoms with E-state index in [4.69, 9.17) is 4.74 Å². The largest absolute Gasteiger partial charge is 0.497 e. The minimum Gasteiger partial charge on any atom is -0.497 e. The fourth-order valence-corrected chi connectivity index (χ4v) is 5.20. The normalized spacial score (nSPS) is 16.0. The van der Waals surface area contributed by atoms with E-state index in [1.807, 2.05) is 42.5 Å². The van der Waals surface area contributed by atoms with Gasteiger partial charge in [0.15, 0.2) is 0 Å². The molecule has 0 spiro atoms. The Labute approximate surface area is 194 Å². The summed E-state index contributed by atoms with van der Waals surface area (Å²) in [5.41, 5.74) is 3.01. The second-order valence-corrected chi connectivity index (χ2v) is 9.33. The van der Waals surface area contributed by atoms with E-state index < -0.39 is 0 Å². The third kappa shape index (κ3) is 5.04. The van der Waals surface area contributed by atoms with Crippen LogP contribution in [0.15, 0.2) is 60.7 Å². The van der Waals surface area contributed by atoms with Crippen LogP contribution in [0, 0.1) is 0 Å². The fraction of sp³-hybridized carbons (Fsp3) is 0.346. The number of hydrogen-bond acceptors (Lipinski definition) is 5. The quantitative estimate of drug-likeness (QED) is 0.557. The zero-order valence-corrected chi connectivity index (χ0v) is 19.8. The molecule has 0 radical (unpaired) electrons. The lowest BCUT2D eigenvalue weighted by Gasteiger charge is -2.38. The van der Waals surface area contributed by atoms with Crippen LogP contribution in [-0.2, 0) is 6.42 Å². The molecule has 0 aliphatic carbocycles. The molecule has 5 nitrogen and oxygen atoms in total. The predicted octanol–water partition coefficient (Wildman–Crippen LogP) is 4.91. The van der Waals surface area contributed by atoms with Crippen molar-refractivity contribution in [2.24, 2.45) is 0 Å². The van der Waals surface area contributed by atoms with E-state index >= 15 is 0 Å². The van der Waals surface area contributed by atoms with Crippen molar-refractivity contribution in [2.45, 2.75) is 19.4 Å². The highest BCUT2D eigenvalue weighted by molar-refractivity contribution is 7.16. The van der Waals surface area contributed by atoms with Crippen molar-refractivity contribution in [3.05, 3.63) is 82.2 Å². The minimum atomic E-state index is -0.0703. The van der Waals surface area contributed by atoms with Crippen LogP contribution < -0.4 is 10.1 Å². The third-order valence-electron chi connectivity index (χ3n) is 6.03. The monoisotopic (exact) mass is 449 g/mol. The minimum absolute atomic E-state index is 0.0569. The molecule has 4 rings (SSSR count). The molecule has 3 aromatic rings. The van der Waals surface area contributed by atoms with Crippen molar-refractivity contribution in [2.75, 3.05) is 45.7 Å². The number of likely N-dealkylation sites (N-methyl/N-ethyl adjacent to an activating group) is 1. The number of amides is 1. The van der Waals surface area contributed by atoms with Crippen molar-refractivity contribution in [3.8, 4) is 5.75 Å². The molecule has 0 unspecified atom stereocenters. The summed E-state index contributed by atoms with van der Waals surface area (Å²) in [6, 6.07) is 20.1. The number of carbonyl (C=O) groups is 1. The molecule has 1 saturated heterocycles. The van der Waals surface area contributed by atoms with E-state index in [9.17, 15) is 4.79 Å². The maximum Gasteiger partial charge on any atom is 0.256 e. The number of ether oxygens (including phenoxy) is 1. The molecule has 32 heavy (non-hydrogen) atoms. The Hall–Kier alpha value is -2.67. The molecule has 1 amide bonds. The number of aryl methyl sites for hydroxylation is 1. The molecule has 168 valence electrons. The molecule has 1 aliphatic heterocycles. The van der Waals surface area contributed by atoms with Crippen LogP contribution in [0.25, 0.3) is 0 Å². The second kappa shape index (κ2) is 10.3. The first-order chi connectivity index (χ1) is 15.6. The maximum absolute atomic E-state index is 13.0. The van der Waals surface area contributed by atoms with E-state index in [1.54, 1.807) is 18.4 Å². The smallest absolute Gasteiger partial charge is 0.256 e. The van der Waals surface area contributed by atoms with E-state index in [-0.39, 0.29) is 11.9 Å². The Balaban J connectivity index is 1.74. The van der Waals surface area contributed by atoms with Gasteiger partial charge in [-0.3, -0.25) is 9.69 Å². The zero-order chi connectivity index (χ0) is 22.5. The summed E-state index contributed by atoms with van der Waals surface area (Å²) in [4.78, 5) is 19.2. The number of benzene rings is 2. The summed E-state index contributed by atoms with van der Waals surface area (Å²) >= 11 is 1.68. The lowest BCUT2D eigenvalue weighted by atomic mass is 9.97. The van der Waals surface area contributed by atoms with Crippen LogP contribution in [0.4, 0.5) is 5.00 Å². The van der Waals surface area contributed by atoms with Crippen LogP contribution in [0.2, 0.25) is 0 Å². The highest BCUT2D eigenvalue weighted by Gasteiger charge is 2.29. The van der Waals surface area contributed by atoms with Crippen LogP contribution >= 0.6 is 11.3 Å². The summed E-state index contributed by atoms with van der Waals surface area (Å²) in [6.07, 6.45) is 0.937. The molecule has 1 N–H and O–H groups in total. The molecule has 6 heteroatoms. The number of rotatable bonds is 7. The number of nitrogens with zero attached hydrogens (tertiary/aromatic N) is 2. The van der Waals surface area contributed by atoms with Crippen molar-refractivity contribution in [3.63, 3.8) is 0 Å². The van der Waals surface area contributed by atoms with Crippen LogP contribution in [0.5, 0.6) is 5.75 Å². The first-order valence-corrected chi connectivity index (χ1v) is 12.0. The average molecular weight is 450 g/mol. The number of carbonyl (C=O) groups excluding carboxylic acids is 1. The molecule has 1 fully saturated rings. The Morgan fingerprint density at radius 2 is 1.81 bits per heavy atom. The van der Waals surface area contributed by atoms with Crippen molar-refractivity contribution < 1.29 is 9.53 Å². The molecule has 2 aromatic carbocycles. The van der Waals surface area contributed by atoms with Gasteiger partial charge in [0.25, 0.3) is 5.91 Å². The molecule has 0 saturated carbocycles. The number of hydrogen-bond donors (Lipinski definition) is 1. The molecular formula is C26H31N3O2S. The Morgan fingerprint density at radius 3 is 2.50 bits per heavy atom. The Morgan fingerprint density at radius 1 is 1.06 bits per heavy atom. The highest BCUT2D eigenvalue weighted by Crippen LogP contribution is 2.40. The molecule has 0 bridgehead atoms. The van der Waals surface area contributed by atoms with Gasteiger partial charge < -0.3 is 15.0 Å². The van der Waals surface area contributed by atoms with E-state index in [0.717, 1.165) is 48.9 Å². The number of anilines is 1. The van der Waals surface area contributed by atoms with Gasteiger partial charge in [0, 0.05) is 42.2 Å². The van der Waals surface area contributed by atoms with Gasteiger partial charge in [0.2, 0.25) is 0 Å². The molecular weight excluding hydrogens is 418 g/mol.